The Balaban J connectivity index is 1.59. The maximum Gasteiger partial charge on any atom is 0.0464 e. The van der Waals surface area contributed by atoms with Crippen LogP contribution in [0, 0.1) is 0 Å². The molecule has 0 heterocycles. The fourth-order valence-electron chi connectivity index (χ4n) is 3.99. The van der Waals surface area contributed by atoms with Gasteiger partial charge in [0.15, 0.2) is 0 Å². The number of hydrogen-bond acceptors (Lipinski definition) is 2. The van der Waals surface area contributed by atoms with Crippen molar-refractivity contribution in [3.63, 3.8) is 0 Å². The molecule has 0 saturated heterocycles. The molecule has 0 atom stereocenters. The average Bonchev–Trinajstić information content (AvgIpc) is 2.86. The van der Waals surface area contributed by atoms with Gasteiger partial charge in [0, 0.05) is 28.2 Å². The van der Waals surface area contributed by atoms with E-state index in [9.17, 15) is 0 Å². The summed E-state index contributed by atoms with van der Waals surface area (Å²) in [7, 11) is 0. The second kappa shape index (κ2) is 8.83. The van der Waals surface area contributed by atoms with Crippen molar-refractivity contribution in [1.82, 2.24) is 0 Å². The number of benzene rings is 5. The molecule has 0 amide bonds. The number of anilines is 3. The van der Waals surface area contributed by atoms with E-state index in [1.165, 1.54) is 11.1 Å². The monoisotopic (exact) mass is 412 g/mol. The lowest BCUT2D eigenvalue weighted by Gasteiger charge is -2.15. The molecule has 0 saturated carbocycles. The van der Waals surface area contributed by atoms with E-state index < -0.39 is 0 Å². The molecule has 0 aliphatic carbocycles. The van der Waals surface area contributed by atoms with Crippen LogP contribution in [0.4, 0.5) is 17.1 Å². The quantitative estimate of drug-likeness (QED) is 0.287. The summed E-state index contributed by atoms with van der Waals surface area (Å²) in [6.45, 7) is 0. The molecule has 0 radical (unpaired) electrons. The van der Waals surface area contributed by atoms with Gasteiger partial charge in [-0.15, -0.1) is 0 Å². The van der Waals surface area contributed by atoms with Crippen LogP contribution in [0.3, 0.4) is 0 Å². The summed E-state index contributed by atoms with van der Waals surface area (Å²) in [4.78, 5) is 0. The predicted octanol–water partition coefficient (Wildman–Crippen LogP) is 8.01. The number of para-hydroxylation sites is 2. The Morgan fingerprint density at radius 2 is 1.06 bits per heavy atom. The average molecular weight is 413 g/mol. The molecule has 2 heteroatoms. The molecule has 2 nitrogen and oxygen atoms in total. The molecule has 5 aromatic rings. The van der Waals surface area contributed by atoms with E-state index in [2.05, 4.69) is 90.2 Å². The SMILES string of the molecule is Nc1ccccc1-c1cccc(-c2ccc(Nc3ccccc3)c(-c3ccccc3)c2)c1. The summed E-state index contributed by atoms with van der Waals surface area (Å²) in [5.74, 6) is 0. The Morgan fingerprint density at radius 3 is 1.84 bits per heavy atom. The Bertz CT molecular complexity index is 1340. The van der Waals surface area contributed by atoms with Crippen LogP contribution < -0.4 is 11.1 Å². The zero-order valence-electron chi connectivity index (χ0n) is 17.7. The number of rotatable bonds is 5. The second-order valence-electron chi connectivity index (χ2n) is 7.79. The van der Waals surface area contributed by atoms with Crippen molar-refractivity contribution < 1.29 is 0 Å². The summed E-state index contributed by atoms with van der Waals surface area (Å²) in [6.07, 6.45) is 0. The highest BCUT2D eigenvalue weighted by molar-refractivity contribution is 5.86. The summed E-state index contributed by atoms with van der Waals surface area (Å²) < 4.78 is 0. The minimum atomic E-state index is 0.789. The number of nitrogens with one attached hydrogen (secondary N) is 1. The van der Waals surface area contributed by atoms with Crippen LogP contribution in [0.5, 0.6) is 0 Å². The lowest BCUT2D eigenvalue weighted by atomic mass is 9.94. The Kier molecular flexibility index (Phi) is 5.42. The third-order valence-electron chi connectivity index (χ3n) is 5.62. The zero-order valence-corrected chi connectivity index (χ0v) is 17.7. The largest absolute Gasteiger partial charge is 0.398 e. The van der Waals surface area contributed by atoms with Crippen LogP contribution in [0.15, 0.2) is 127 Å². The first-order chi connectivity index (χ1) is 15.8. The zero-order chi connectivity index (χ0) is 21.8. The van der Waals surface area contributed by atoms with E-state index in [1.807, 2.05) is 42.5 Å². The van der Waals surface area contributed by atoms with E-state index in [0.29, 0.717) is 0 Å². The molecule has 0 aliphatic heterocycles. The minimum Gasteiger partial charge on any atom is -0.398 e. The molecule has 0 unspecified atom stereocenters. The van der Waals surface area contributed by atoms with Gasteiger partial charge in [0.1, 0.15) is 0 Å². The van der Waals surface area contributed by atoms with Gasteiger partial charge in [0.25, 0.3) is 0 Å². The predicted molar refractivity (Wildman–Crippen MR) is 137 cm³/mol. The smallest absolute Gasteiger partial charge is 0.0464 e. The first-order valence-corrected chi connectivity index (χ1v) is 10.7. The van der Waals surface area contributed by atoms with Gasteiger partial charge >= 0.3 is 0 Å². The van der Waals surface area contributed by atoms with Crippen molar-refractivity contribution in [3.8, 4) is 33.4 Å². The molecule has 0 aromatic heterocycles. The fourth-order valence-corrected chi connectivity index (χ4v) is 3.99. The van der Waals surface area contributed by atoms with Crippen LogP contribution in [0.25, 0.3) is 33.4 Å². The van der Waals surface area contributed by atoms with E-state index >= 15 is 0 Å². The molecule has 3 N–H and O–H groups in total. The van der Waals surface area contributed by atoms with Crippen LogP contribution in [-0.2, 0) is 0 Å². The molecule has 5 rings (SSSR count). The van der Waals surface area contributed by atoms with Gasteiger partial charge in [0.05, 0.1) is 0 Å². The Hall–Kier alpha value is -4.30. The van der Waals surface area contributed by atoms with Crippen molar-refractivity contribution in [1.29, 1.82) is 0 Å². The molecule has 0 spiro atoms. The number of hydrogen-bond donors (Lipinski definition) is 2. The van der Waals surface area contributed by atoms with E-state index in [-0.39, 0.29) is 0 Å². The molecule has 32 heavy (non-hydrogen) atoms. The summed E-state index contributed by atoms with van der Waals surface area (Å²) in [6, 6.07) is 43.9. The molecule has 154 valence electrons. The minimum absolute atomic E-state index is 0.789. The second-order valence-corrected chi connectivity index (χ2v) is 7.79. The van der Waals surface area contributed by atoms with Gasteiger partial charge in [-0.2, -0.15) is 0 Å². The lowest BCUT2D eigenvalue weighted by Crippen LogP contribution is -1.94. The van der Waals surface area contributed by atoms with Gasteiger partial charge in [-0.3, -0.25) is 0 Å². The Labute approximate surface area is 189 Å². The molecular formula is C30H24N2. The molecule has 0 aliphatic rings. The van der Waals surface area contributed by atoms with Gasteiger partial charge in [-0.05, 0) is 58.7 Å². The van der Waals surface area contributed by atoms with Crippen molar-refractivity contribution in [2.24, 2.45) is 0 Å². The van der Waals surface area contributed by atoms with Gasteiger partial charge < -0.3 is 11.1 Å². The fraction of sp³-hybridized carbons (Fsp3) is 0. The topological polar surface area (TPSA) is 38.0 Å². The van der Waals surface area contributed by atoms with Crippen LogP contribution in [0.2, 0.25) is 0 Å². The highest BCUT2D eigenvalue weighted by Crippen LogP contribution is 2.36. The maximum atomic E-state index is 6.23. The lowest BCUT2D eigenvalue weighted by molar-refractivity contribution is 1.52. The summed E-state index contributed by atoms with van der Waals surface area (Å²) in [5.41, 5.74) is 16.0. The van der Waals surface area contributed by atoms with Crippen molar-refractivity contribution in [2.45, 2.75) is 0 Å². The van der Waals surface area contributed by atoms with Crippen molar-refractivity contribution in [2.75, 3.05) is 11.1 Å². The molecule has 5 aromatic carbocycles. The van der Waals surface area contributed by atoms with E-state index in [0.717, 1.165) is 39.3 Å². The van der Waals surface area contributed by atoms with Crippen molar-refractivity contribution >= 4 is 17.1 Å². The molecule has 0 bridgehead atoms. The first kappa shape index (κ1) is 19.7. The third kappa shape index (κ3) is 4.12. The highest BCUT2D eigenvalue weighted by Gasteiger charge is 2.10. The number of nitrogens with two attached hydrogens (primary N) is 1. The van der Waals surface area contributed by atoms with Crippen LogP contribution in [0.1, 0.15) is 0 Å². The van der Waals surface area contributed by atoms with Crippen molar-refractivity contribution in [3.05, 3.63) is 127 Å². The third-order valence-corrected chi connectivity index (χ3v) is 5.62. The van der Waals surface area contributed by atoms with E-state index in [1.54, 1.807) is 0 Å². The van der Waals surface area contributed by atoms with Gasteiger partial charge in [-0.1, -0.05) is 91.0 Å². The molecule has 0 fully saturated rings. The number of nitrogen functional groups attached to an aromatic ring is 1. The van der Waals surface area contributed by atoms with E-state index in [4.69, 9.17) is 5.73 Å². The Morgan fingerprint density at radius 1 is 0.438 bits per heavy atom. The normalized spacial score (nSPS) is 10.6. The molecular weight excluding hydrogens is 388 g/mol. The van der Waals surface area contributed by atoms with Crippen LogP contribution in [-0.4, -0.2) is 0 Å². The maximum absolute atomic E-state index is 6.23. The van der Waals surface area contributed by atoms with Crippen LogP contribution >= 0.6 is 0 Å². The first-order valence-electron chi connectivity index (χ1n) is 10.7. The van der Waals surface area contributed by atoms with Gasteiger partial charge in [-0.25, -0.2) is 0 Å². The standard InChI is InChI=1S/C30H24N2/c31-29-17-8-7-16-27(29)25-13-9-12-23(20-25)24-18-19-30(32-26-14-5-2-6-15-26)28(21-24)22-10-3-1-4-11-22/h1-21,32H,31H2. The van der Waals surface area contributed by atoms with Gasteiger partial charge in [0.2, 0.25) is 0 Å². The summed E-state index contributed by atoms with van der Waals surface area (Å²) in [5, 5.41) is 3.58. The highest BCUT2D eigenvalue weighted by atomic mass is 14.9. The summed E-state index contributed by atoms with van der Waals surface area (Å²) >= 11 is 0.